The molecule has 74 valence electrons. The van der Waals surface area contributed by atoms with Crippen molar-refractivity contribution in [1.82, 2.24) is 0 Å². The third-order valence-corrected chi connectivity index (χ3v) is 2.49. The van der Waals surface area contributed by atoms with Crippen molar-refractivity contribution >= 4 is 5.78 Å². The number of fused-ring (bicyclic) bond motifs is 1. The van der Waals surface area contributed by atoms with Gasteiger partial charge in [0.05, 0.1) is 5.56 Å². The van der Waals surface area contributed by atoms with Crippen LogP contribution in [0.5, 0.6) is 5.75 Å². The highest BCUT2D eigenvalue weighted by Crippen LogP contribution is 2.35. The number of aryl methyl sites for hydroxylation is 1. The summed E-state index contributed by atoms with van der Waals surface area (Å²) >= 11 is 0. The summed E-state index contributed by atoms with van der Waals surface area (Å²) in [6.07, 6.45) is 0. The number of Topliss-reactive ketones (excluding diaryl/α,β-unsaturated/α-hetero) is 1. The third-order valence-electron chi connectivity index (χ3n) is 2.49. The minimum absolute atomic E-state index is 0.112. The van der Waals surface area contributed by atoms with E-state index in [0.29, 0.717) is 11.3 Å². The molecular formula is C11H12O3. The minimum atomic E-state index is -1.14. The van der Waals surface area contributed by atoms with Crippen molar-refractivity contribution in [2.75, 3.05) is 7.11 Å². The lowest BCUT2D eigenvalue weighted by Crippen LogP contribution is -2.38. The first-order valence-electron chi connectivity index (χ1n) is 4.46. The Hall–Kier alpha value is -1.35. The van der Waals surface area contributed by atoms with Crippen molar-refractivity contribution in [1.29, 1.82) is 0 Å². The number of carbonyl (C=O) groups is 1. The Balaban J connectivity index is 2.51. The molecule has 1 atom stereocenters. The van der Waals surface area contributed by atoms with Crippen LogP contribution in [0.3, 0.4) is 0 Å². The lowest BCUT2D eigenvalue weighted by molar-refractivity contribution is -0.104. The first kappa shape index (κ1) is 9.21. The Morgan fingerprint density at radius 2 is 2.14 bits per heavy atom. The quantitative estimate of drug-likeness (QED) is 0.682. The molecule has 0 bridgehead atoms. The SMILES string of the molecule is COC1(C)Oc2ccc(C)cc2C1=O. The van der Waals surface area contributed by atoms with E-state index in [9.17, 15) is 4.79 Å². The molecule has 1 heterocycles. The number of rotatable bonds is 1. The highest BCUT2D eigenvalue weighted by molar-refractivity contribution is 6.06. The zero-order valence-corrected chi connectivity index (χ0v) is 8.46. The van der Waals surface area contributed by atoms with E-state index in [0.717, 1.165) is 5.56 Å². The molecule has 0 fully saturated rings. The fourth-order valence-corrected chi connectivity index (χ4v) is 1.55. The Bertz CT molecular complexity index is 398. The molecule has 1 aromatic rings. The van der Waals surface area contributed by atoms with Crippen LogP contribution in [-0.4, -0.2) is 18.7 Å². The third kappa shape index (κ3) is 1.13. The van der Waals surface area contributed by atoms with E-state index in [1.165, 1.54) is 7.11 Å². The van der Waals surface area contributed by atoms with Crippen LogP contribution in [0, 0.1) is 6.92 Å². The molecule has 3 heteroatoms. The summed E-state index contributed by atoms with van der Waals surface area (Å²) in [6.45, 7) is 3.57. The first-order chi connectivity index (χ1) is 6.57. The highest BCUT2D eigenvalue weighted by Gasteiger charge is 2.44. The van der Waals surface area contributed by atoms with Crippen molar-refractivity contribution in [2.45, 2.75) is 19.6 Å². The Morgan fingerprint density at radius 1 is 1.43 bits per heavy atom. The van der Waals surface area contributed by atoms with Gasteiger partial charge in [0.25, 0.3) is 5.79 Å². The number of benzene rings is 1. The van der Waals surface area contributed by atoms with Gasteiger partial charge in [0, 0.05) is 14.0 Å². The molecule has 3 nitrogen and oxygen atoms in total. The lowest BCUT2D eigenvalue weighted by Gasteiger charge is -2.19. The molecule has 1 aliphatic heterocycles. The van der Waals surface area contributed by atoms with Crippen LogP contribution in [0.4, 0.5) is 0 Å². The molecule has 1 unspecified atom stereocenters. The summed E-state index contributed by atoms with van der Waals surface area (Å²) in [7, 11) is 1.47. The molecule has 0 saturated carbocycles. The molecular weight excluding hydrogens is 180 g/mol. The maximum Gasteiger partial charge on any atom is 0.272 e. The van der Waals surface area contributed by atoms with Crippen molar-refractivity contribution in [3.8, 4) is 5.75 Å². The Labute approximate surface area is 82.6 Å². The van der Waals surface area contributed by atoms with E-state index in [4.69, 9.17) is 9.47 Å². The van der Waals surface area contributed by atoms with Gasteiger partial charge in [0.15, 0.2) is 0 Å². The van der Waals surface area contributed by atoms with Gasteiger partial charge in [-0.15, -0.1) is 0 Å². The van der Waals surface area contributed by atoms with Gasteiger partial charge in [-0.25, -0.2) is 0 Å². The van der Waals surface area contributed by atoms with E-state index in [1.54, 1.807) is 13.0 Å². The standard InChI is InChI=1S/C11H12O3/c1-7-4-5-9-8(6-7)10(12)11(2,13-3)14-9/h4-6H,1-3H3. The van der Waals surface area contributed by atoms with Gasteiger partial charge in [-0.05, 0) is 19.1 Å². The van der Waals surface area contributed by atoms with Crippen molar-refractivity contribution in [3.05, 3.63) is 29.3 Å². The second kappa shape index (κ2) is 2.82. The van der Waals surface area contributed by atoms with E-state index >= 15 is 0 Å². The second-order valence-electron chi connectivity index (χ2n) is 3.58. The van der Waals surface area contributed by atoms with Crippen LogP contribution in [0.25, 0.3) is 0 Å². The average Bonchev–Trinajstić information content (AvgIpc) is 2.42. The number of ketones is 1. The van der Waals surface area contributed by atoms with Gasteiger partial charge < -0.3 is 9.47 Å². The molecule has 0 spiro atoms. The fraction of sp³-hybridized carbons (Fsp3) is 0.364. The lowest BCUT2D eigenvalue weighted by atomic mass is 10.1. The molecule has 0 radical (unpaired) electrons. The van der Waals surface area contributed by atoms with Gasteiger partial charge in [-0.3, -0.25) is 4.79 Å². The van der Waals surface area contributed by atoms with Crippen LogP contribution in [0.2, 0.25) is 0 Å². The van der Waals surface area contributed by atoms with Gasteiger partial charge in [-0.1, -0.05) is 11.6 Å². The predicted octanol–water partition coefficient (Wildman–Crippen LogP) is 1.93. The van der Waals surface area contributed by atoms with Gasteiger partial charge >= 0.3 is 0 Å². The zero-order valence-electron chi connectivity index (χ0n) is 8.46. The molecule has 0 aromatic heterocycles. The van der Waals surface area contributed by atoms with Gasteiger partial charge in [-0.2, -0.15) is 0 Å². The fourth-order valence-electron chi connectivity index (χ4n) is 1.55. The molecule has 1 aliphatic rings. The number of methoxy groups -OCH3 is 1. The summed E-state index contributed by atoms with van der Waals surface area (Å²) < 4.78 is 10.5. The number of carbonyl (C=O) groups excluding carboxylic acids is 1. The van der Waals surface area contributed by atoms with Crippen LogP contribution in [-0.2, 0) is 4.74 Å². The van der Waals surface area contributed by atoms with Gasteiger partial charge in [0.1, 0.15) is 5.75 Å². The van der Waals surface area contributed by atoms with Gasteiger partial charge in [0.2, 0.25) is 5.78 Å². The van der Waals surface area contributed by atoms with E-state index < -0.39 is 5.79 Å². The molecule has 2 rings (SSSR count). The molecule has 0 saturated heterocycles. The average molecular weight is 192 g/mol. The highest BCUT2D eigenvalue weighted by atomic mass is 16.7. The van der Waals surface area contributed by atoms with Crippen LogP contribution >= 0.6 is 0 Å². The van der Waals surface area contributed by atoms with Crippen molar-refractivity contribution in [2.24, 2.45) is 0 Å². The Kier molecular flexibility index (Phi) is 1.86. The maximum absolute atomic E-state index is 11.9. The number of hydrogen-bond donors (Lipinski definition) is 0. The molecule has 0 N–H and O–H groups in total. The monoisotopic (exact) mass is 192 g/mol. The first-order valence-corrected chi connectivity index (χ1v) is 4.46. The van der Waals surface area contributed by atoms with E-state index in [-0.39, 0.29) is 5.78 Å². The smallest absolute Gasteiger partial charge is 0.272 e. The maximum atomic E-state index is 11.9. The summed E-state index contributed by atoms with van der Waals surface area (Å²) in [6, 6.07) is 5.53. The summed E-state index contributed by atoms with van der Waals surface area (Å²) in [5, 5.41) is 0. The number of ether oxygens (including phenoxy) is 2. The second-order valence-corrected chi connectivity index (χ2v) is 3.58. The molecule has 0 amide bonds. The van der Waals surface area contributed by atoms with Crippen LogP contribution in [0.15, 0.2) is 18.2 Å². The molecule has 1 aromatic carbocycles. The predicted molar refractivity (Wildman–Crippen MR) is 51.6 cm³/mol. The summed E-state index contributed by atoms with van der Waals surface area (Å²) in [5.74, 6) is -0.653. The summed E-state index contributed by atoms with van der Waals surface area (Å²) in [4.78, 5) is 11.9. The van der Waals surface area contributed by atoms with Crippen molar-refractivity contribution in [3.63, 3.8) is 0 Å². The topological polar surface area (TPSA) is 35.5 Å². The van der Waals surface area contributed by atoms with Crippen molar-refractivity contribution < 1.29 is 14.3 Å². The van der Waals surface area contributed by atoms with Crippen LogP contribution < -0.4 is 4.74 Å². The summed E-state index contributed by atoms with van der Waals surface area (Å²) in [5.41, 5.74) is 1.65. The normalized spacial score (nSPS) is 24.6. The minimum Gasteiger partial charge on any atom is -0.454 e. The largest absolute Gasteiger partial charge is 0.454 e. The molecule has 14 heavy (non-hydrogen) atoms. The van der Waals surface area contributed by atoms with E-state index in [1.807, 2.05) is 19.1 Å². The number of hydrogen-bond acceptors (Lipinski definition) is 3. The van der Waals surface area contributed by atoms with E-state index in [2.05, 4.69) is 0 Å². The zero-order chi connectivity index (χ0) is 10.3. The molecule has 0 aliphatic carbocycles. The Morgan fingerprint density at radius 3 is 2.79 bits per heavy atom. The van der Waals surface area contributed by atoms with Crippen LogP contribution in [0.1, 0.15) is 22.8 Å².